The van der Waals surface area contributed by atoms with Crippen LogP contribution in [0, 0.1) is 0 Å². The maximum atomic E-state index is 13.1. The van der Waals surface area contributed by atoms with Crippen molar-refractivity contribution < 1.29 is 80.2 Å². The lowest BCUT2D eigenvalue weighted by atomic mass is 10.1. The van der Waals surface area contributed by atoms with Crippen LogP contribution in [0.1, 0.15) is 336 Å². The van der Waals surface area contributed by atoms with Crippen LogP contribution >= 0.6 is 15.6 Å². The van der Waals surface area contributed by atoms with E-state index < -0.39 is 97.5 Å². The third-order valence-electron chi connectivity index (χ3n) is 17.1. The Labute approximate surface area is 644 Å². The smallest absolute Gasteiger partial charge is 0.462 e. The fourth-order valence-electron chi connectivity index (χ4n) is 10.7. The van der Waals surface area contributed by atoms with Crippen LogP contribution in [0.5, 0.6) is 0 Å². The topological polar surface area (TPSA) is 237 Å². The standard InChI is InChI=1S/C87H148O17P2/c1-5-9-13-17-21-25-29-33-37-39-40-42-46-50-54-58-62-66-70-74-87(92)104-83(78-98-85(90)72-68-64-60-56-52-48-44-36-32-28-24-20-16-12-8-4)80-102-106(95,96)100-76-81(88)75-99-105(93,94)101-79-82(77-97-84(89)71-67-63-59-55-51-47-43-35-31-27-23-19-15-11-7-3)103-86(91)73-69-65-61-57-53-49-45-41-38-34-30-26-22-18-14-10-6-2/h21-22,25-28,31-34,37-38,40,42,45,49-50,54,57,61-62,66,81-83,88H,5-20,23-24,29-30,35-36,39,41,43-44,46-48,51-53,55-56,58-60,63-65,67-80H2,1-4H3,(H,93,94)(H,95,96)/b25-21-,26-22-,31-27-,32-28-,37-33-,38-34-,42-40-,49-45-,54-50-,61-57-,66-62-/t81-,82+,83+/m0/s1. The third kappa shape index (κ3) is 77.4. The molecule has 3 N–H and O–H groups in total. The van der Waals surface area contributed by atoms with Gasteiger partial charge in [0.1, 0.15) is 19.3 Å². The number of rotatable bonds is 77. The van der Waals surface area contributed by atoms with Gasteiger partial charge in [-0.1, -0.05) is 290 Å². The number of ether oxygens (including phenoxy) is 4. The minimum absolute atomic E-state index is 0.0143. The first kappa shape index (κ1) is 101. The highest BCUT2D eigenvalue weighted by atomic mass is 31.2. The van der Waals surface area contributed by atoms with Crippen LogP contribution in [0.15, 0.2) is 134 Å². The van der Waals surface area contributed by atoms with E-state index in [-0.39, 0.29) is 25.7 Å². The van der Waals surface area contributed by atoms with Gasteiger partial charge in [-0.3, -0.25) is 37.3 Å². The molecule has 0 amide bonds. The van der Waals surface area contributed by atoms with E-state index in [1.165, 1.54) is 103 Å². The molecule has 106 heavy (non-hydrogen) atoms. The maximum absolute atomic E-state index is 13.1. The normalized spacial score (nSPS) is 14.5. The summed E-state index contributed by atoms with van der Waals surface area (Å²) in [6.45, 7) is 4.66. The zero-order chi connectivity index (χ0) is 77.4. The van der Waals surface area contributed by atoms with Crippen LogP contribution in [0.4, 0.5) is 0 Å². The molecule has 0 heterocycles. The van der Waals surface area contributed by atoms with Crippen LogP contribution in [-0.4, -0.2) is 96.7 Å². The summed E-state index contributed by atoms with van der Waals surface area (Å²) in [4.78, 5) is 73.1. The lowest BCUT2D eigenvalue weighted by Gasteiger charge is -2.21. The van der Waals surface area contributed by atoms with E-state index in [2.05, 4.69) is 131 Å². The van der Waals surface area contributed by atoms with E-state index in [1.807, 2.05) is 30.4 Å². The van der Waals surface area contributed by atoms with Gasteiger partial charge in [0.05, 0.1) is 26.4 Å². The summed E-state index contributed by atoms with van der Waals surface area (Å²) < 4.78 is 68.5. The Morgan fingerprint density at radius 2 is 0.491 bits per heavy atom. The van der Waals surface area contributed by atoms with Crippen LogP contribution in [0.3, 0.4) is 0 Å². The minimum atomic E-state index is -5.01. The monoisotopic (exact) mass is 1530 g/mol. The number of hydrogen-bond acceptors (Lipinski definition) is 15. The number of carbonyl (C=O) groups is 4. The predicted molar refractivity (Wildman–Crippen MR) is 436 cm³/mol. The molecule has 0 aromatic carbocycles. The highest BCUT2D eigenvalue weighted by Crippen LogP contribution is 2.45. The van der Waals surface area contributed by atoms with E-state index >= 15 is 0 Å². The Balaban J connectivity index is 5.49. The van der Waals surface area contributed by atoms with Crippen molar-refractivity contribution in [2.45, 2.75) is 354 Å². The first-order valence-corrected chi connectivity index (χ1v) is 44.4. The van der Waals surface area contributed by atoms with Gasteiger partial charge in [-0.15, -0.1) is 0 Å². The summed E-state index contributed by atoms with van der Waals surface area (Å²) in [5, 5.41) is 10.7. The fraction of sp³-hybridized carbons (Fsp3) is 0.701. The van der Waals surface area contributed by atoms with Crippen LogP contribution in [0.25, 0.3) is 0 Å². The zero-order valence-electron chi connectivity index (χ0n) is 66.6. The van der Waals surface area contributed by atoms with Gasteiger partial charge in [0.2, 0.25) is 0 Å². The lowest BCUT2D eigenvalue weighted by Crippen LogP contribution is -2.30. The van der Waals surface area contributed by atoms with Gasteiger partial charge in [-0.25, -0.2) is 9.13 Å². The molecule has 0 spiro atoms. The van der Waals surface area contributed by atoms with Crippen molar-refractivity contribution in [2.24, 2.45) is 0 Å². The number of allylic oxidation sites excluding steroid dienone is 22. The van der Waals surface area contributed by atoms with Gasteiger partial charge in [0.25, 0.3) is 0 Å². The van der Waals surface area contributed by atoms with E-state index in [9.17, 15) is 43.2 Å². The van der Waals surface area contributed by atoms with Crippen molar-refractivity contribution in [3.8, 4) is 0 Å². The molecular formula is C87H148O17P2. The number of hydrogen-bond donors (Lipinski definition) is 3. The van der Waals surface area contributed by atoms with E-state index in [1.54, 1.807) is 0 Å². The number of carbonyl (C=O) groups excluding carboxylic acids is 4. The number of aliphatic hydroxyl groups excluding tert-OH is 1. The van der Waals surface area contributed by atoms with Crippen molar-refractivity contribution in [3.63, 3.8) is 0 Å². The number of esters is 4. The second kappa shape index (κ2) is 78.3. The number of phosphoric acid groups is 2. The van der Waals surface area contributed by atoms with Crippen molar-refractivity contribution >= 4 is 39.5 Å². The number of aliphatic hydroxyl groups is 1. The second-order valence-electron chi connectivity index (χ2n) is 27.3. The molecule has 0 aromatic rings. The number of phosphoric ester groups is 2. The Morgan fingerprint density at radius 1 is 0.264 bits per heavy atom. The maximum Gasteiger partial charge on any atom is 0.472 e. The summed E-state index contributed by atoms with van der Waals surface area (Å²) in [6.07, 6.45) is 88.7. The molecule has 0 aliphatic carbocycles. The fourth-order valence-corrected chi connectivity index (χ4v) is 12.3. The Hall–Kier alpha value is -4.80. The van der Waals surface area contributed by atoms with Crippen molar-refractivity contribution in [1.82, 2.24) is 0 Å². The largest absolute Gasteiger partial charge is 0.472 e. The summed E-state index contributed by atoms with van der Waals surface area (Å²) in [5.41, 5.74) is 0. The van der Waals surface area contributed by atoms with Crippen molar-refractivity contribution in [3.05, 3.63) is 134 Å². The van der Waals surface area contributed by atoms with Gasteiger partial charge in [0.15, 0.2) is 12.2 Å². The lowest BCUT2D eigenvalue weighted by molar-refractivity contribution is -0.161. The molecule has 2 unspecified atom stereocenters. The molecule has 0 saturated heterocycles. The van der Waals surface area contributed by atoms with E-state index in [4.69, 9.17) is 37.0 Å². The average Bonchev–Trinajstić information content (AvgIpc) is 0.906. The Kier molecular flexibility index (Phi) is 74.8. The van der Waals surface area contributed by atoms with Gasteiger partial charge in [-0.05, 0) is 154 Å². The van der Waals surface area contributed by atoms with Crippen LogP contribution < -0.4 is 0 Å². The second-order valence-corrected chi connectivity index (χ2v) is 30.3. The van der Waals surface area contributed by atoms with Gasteiger partial charge in [0, 0.05) is 25.7 Å². The van der Waals surface area contributed by atoms with Crippen molar-refractivity contribution in [2.75, 3.05) is 39.6 Å². The molecule has 0 fully saturated rings. The predicted octanol–water partition coefficient (Wildman–Crippen LogP) is 24.4. The molecule has 5 atom stereocenters. The molecule has 0 saturated carbocycles. The third-order valence-corrected chi connectivity index (χ3v) is 19.0. The molecule has 0 aliphatic heterocycles. The first-order valence-electron chi connectivity index (χ1n) is 41.4. The van der Waals surface area contributed by atoms with Crippen LogP contribution in [-0.2, 0) is 65.4 Å². The summed E-state index contributed by atoms with van der Waals surface area (Å²) in [6, 6.07) is 0. The Bertz CT molecular complexity index is 2530. The quantitative estimate of drug-likeness (QED) is 0.0169. The summed E-state index contributed by atoms with van der Waals surface area (Å²) in [5.74, 6) is -2.34. The van der Waals surface area contributed by atoms with E-state index in [0.717, 1.165) is 141 Å². The summed E-state index contributed by atoms with van der Waals surface area (Å²) in [7, 11) is -10.0. The molecule has 0 bridgehead atoms. The van der Waals surface area contributed by atoms with Crippen LogP contribution in [0.2, 0.25) is 0 Å². The summed E-state index contributed by atoms with van der Waals surface area (Å²) >= 11 is 0. The SMILES string of the molecule is CCCCC/C=C\C/C=C\C/C=C\C/C=C\C/C=C\CCC(=O)O[C@H](COC(=O)CCCCCCCCC/C=C\CCCCCC)COP(=O)(O)OC[C@@H](O)COP(=O)(O)OC[C@@H](COC(=O)CCCCCCCCC/C=C\CCCCCC)OC(=O)CCC/C=C\C/C=C\C/C=C\C/C=C\CCCCC. The van der Waals surface area contributed by atoms with Crippen molar-refractivity contribution in [1.29, 1.82) is 0 Å². The highest BCUT2D eigenvalue weighted by molar-refractivity contribution is 7.47. The molecule has 0 aromatic heterocycles. The first-order chi connectivity index (χ1) is 51.7. The van der Waals surface area contributed by atoms with Gasteiger partial charge >= 0.3 is 39.5 Å². The minimum Gasteiger partial charge on any atom is -0.462 e. The van der Waals surface area contributed by atoms with E-state index in [0.29, 0.717) is 38.5 Å². The molecule has 0 aliphatic rings. The molecule has 608 valence electrons. The molecule has 17 nitrogen and oxygen atoms in total. The van der Waals surface area contributed by atoms with Gasteiger partial charge in [-0.2, -0.15) is 0 Å². The number of unbranched alkanes of at least 4 members (excludes halogenated alkanes) is 29. The zero-order valence-corrected chi connectivity index (χ0v) is 68.4. The molecule has 19 heteroatoms. The average molecular weight is 1530 g/mol. The highest BCUT2D eigenvalue weighted by Gasteiger charge is 2.30. The molecule has 0 radical (unpaired) electrons. The molecule has 0 rings (SSSR count). The van der Waals surface area contributed by atoms with Gasteiger partial charge < -0.3 is 33.8 Å². The molecular weight excluding hydrogens is 1380 g/mol. The Morgan fingerprint density at radius 3 is 0.821 bits per heavy atom.